The number of H-pyrrole nitrogens is 1. The van der Waals surface area contributed by atoms with Gasteiger partial charge in [-0.25, -0.2) is 0 Å². The number of fused-ring (bicyclic) bond motifs is 2. The zero-order chi connectivity index (χ0) is 14.9. The second-order valence-electron chi connectivity index (χ2n) is 5.57. The molecule has 4 rings (SSSR count). The Morgan fingerprint density at radius 3 is 2.55 bits per heavy atom. The van der Waals surface area contributed by atoms with Crippen molar-refractivity contribution >= 4 is 21.7 Å². The summed E-state index contributed by atoms with van der Waals surface area (Å²) < 4.78 is 0. The molecule has 0 aliphatic rings. The van der Waals surface area contributed by atoms with Gasteiger partial charge in [0.2, 0.25) is 0 Å². The average molecular weight is 282 g/mol. The molecular weight excluding hydrogens is 268 g/mol. The van der Waals surface area contributed by atoms with Gasteiger partial charge in [-0.1, -0.05) is 42.5 Å². The largest absolute Gasteiger partial charge is 0.358 e. The van der Waals surface area contributed by atoms with Gasteiger partial charge in [0.05, 0.1) is 11.6 Å². The predicted octanol–water partition coefficient (Wildman–Crippen LogP) is 4.78. The van der Waals surface area contributed by atoms with Crippen molar-refractivity contribution in [2.24, 2.45) is 0 Å². The fourth-order valence-corrected chi connectivity index (χ4v) is 2.93. The maximum absolute atomic E-state index is 8.98. The van der Waals surface area contributed by atoms with E-state index in [1.807, 2.05) is 18.2 Å². The highest BCUT2D eigenvalue weighted by molar-refractivity contribution is 5.84. The van der Waals surface area contributed by atoms with Gasteiger partial charge in [-0.3, -0.25) is 0 Å². The average Bonchev–Trinajstić information content (AvgIpc) is 2.95. The Balaban J connectivity index is 1.71. The summed E-state index contributed by atoms with van der Waals surface area (Å²) in [6.07, 6.45) is 0.863. The first-order chi connectivity index (χ1) is 10.8. The fraction of sp³-hybridized carbons (Fsp3) is 0.0500. The Bertz CT molecular complexity index is 1020. The van der Waals surface area contributed by atoms with E-state index < -0.39 is 0 Å². The number of nitrogens with zero attached hydrogens (tertiary/aromatic N) is 1. The van der Waals surface area contributed by atoms with Crippen LogP contribution in [0.5, 0.6) is 0 Å². The maximum Gasteiger partial charge on any atom is 0.0991 e. The number of aromatic nitrogens is 1. The lowest BCUT2D eigenvalue weighted by Gasteiger charge is -2.02. The number of hydrogen-bond donors (Lipinski definition) is 1. The van der Waals surface area contributed by atoms with E-state index in [-0.39, 0.29) is 0 Å². The summed E-state index contributed by atoms with van der Waals surface area (Å²) in [4.78, 5) is 3.43. The summed E-state index contributed by atoms with van der Waals surface area (Å²) >= 11 is 0. The molecule has 0 aliphatic carbocycles. The van der Waals surface area contributed by atoms with Gasteiger partial charge in [-0.2, -0.15) is 5.26 Å². The first-order valence-electron chi connectivity index (χ1n) is 7.31. The SMILES string of the molecule is N#Cc1ccc2[nH]c(Cc3ccc4ccccc4c3)cc2c1. The number of benzene rings is 3. The Morgan fingerprint density at radius 1 is 0.818 bits per heavy atom. The minimum atomic E-state index is 0.698. The third-order valence-corrected chi connectivity index (χ3v) is 4.01. The van der Waals surface area contributed by atoms with Crippen LogP contribution >= 0.6 is 0 Å². The van der Waals surface area contributed by atoms with E-state index in [1.165, 1.54) is 22.0 Å². The summed E-state index contributed by atoms with van der Waals surface area (Å²) in [7, 11) is 0. The van der Waals surface area contributed by atoms with Crippen LogP contribution < -0.4 is 0 Å². The van der Waals surface area contributed by atoms with E-state index in [1.54, 1.807) is 0 Å². The summed E-state index contributed by atoms with van der Waals surface area (Å²) in [6, 6.07) is 25.0. The molecule has 0 aliphatic heterocycles. The molecule has 0 saturated carbocycles. The molecule has 0 atom stereocenters. The van der Waals surface area contributed by atoms with Crippen LogP contribution in [0.15, 0.2) is 66.7 Å². The molecule has 104 valence electrons. The summed E-state index contributed by atoms with van der Waals surface area (Å²) in [6.45, 7) is 0. The van der Waals surface area contributed by atoms with Crippen LogP contribution in [0.4, 0.5) is 0 Å². The minimum absolute atomic E-state index is 0.698. The van der Waals surface area contributed by atoms with Gasteiger partial charge >= 0.3 is 0 Å². The Morgan fingerprint density at radius 2 is 1.68 bits per heavy atom. The van der Waals surface area contributed by atoms with Crippen molar-refractivity contribution in [1.29, 1.82) is 5.26 Å². The van der Waals surface area contributed by atoms with E-state index in [0.717, 1.165) is 17.3 Å². The standard InChI is InChI=1S/C20H14N2/c21-13-15-6-8-20-18(10-15)12-19(22-20)11-14-5-7-16-3-1-2-4-17(16)9-14/h1-10,12,22H,11H2. The smallest absolute Gasteiger partial charge is 0.0991 e. The van der Waals surface area contributed by atoms with Gasteiger partial charge in [0.15, 0.2) is 0 Å². The minimum Gasteiger partial charge on any atom is -0.358 e. The molecule has 0 radical (unpaired) electrons. The van der Waals surface area contributed by atoms with Gasteiger partial charge < -0.3 is 4.98 Å². The molecule has 0 fully saturated rings. The summed E-state index contributed by atoms with van der Waals surface area (Å²) in [5.41, 5.74) is 4.23. The molecule has 1 N–H and O–H groups in total. The lowest BCUT2D eigenvalue weighted by molar-refractivity contribution is 1.12. The number of nitrogens with one attached hydrogen (secondary N) is 1. The second kappa shape index (κ2) is 5.05. The van der Waals surface area contributed by atoms with Gasteiger partial charge in [0.25, 0.3) is 0 Å². The topological polar surface area (TPSA) is 39.6 Å². The molecule has 4 aromatic rings. The monoisotopic (exact) mass is 282 g/mol. The highest BCUT2D eigenvalue weighted by Gasteiger charge is 2.04. The third-order valence-electron chi connectivity index (χ3n) is 4.01. The van der Waals surface area contributed by atoms with E-state index in [0.29, 0.717) is 5.56 Å². The Hall–Kier alpha value is -3.05. The lowest BCUT2D eigenvalue weighted by Crippen LogP contribution is -1.88. The Labute approximate surface area is 128 Å². The van der Waals surface area contributed by atoms with E-state index in [2.05, 4.69) is 59.6 Å². The molecule has 0 saturated heterocycles. The number of aromatic amines is 1. The lowest BCUT2D eigenvalue weighted by atomic mass is 10.0. The normalized spacial score (nSPS) is 10.9. The molecule has 0 bridgehead atoms. The van der Waals surface area contributed by atoms with Crippen molar-refractivity contribution in [1.82, 2.24) is 4.98 Å². The molecule has 2 heteroatoms. The van der Waals surface area contributed by atoms with Crippen molar-refractivity contribution in [2.45, 2.75) is 6.42 Å². The van der Waals surface area contributed by atoms with Crippen LogP contribution in [0, 0.1) is 11.3 Å². The van der Waals surface area contributed by atoms with Gasteiger partial charge in [0.1, 0.15) is 0 Å². The van der Waals surface area contributed by atoms with E-state index in [4.69, 9.17) is 5.26 Å². The van der Waals surface area contributed by atoms with Gasteiger partial charge in [-0.15, -0.1) is 0 Å². The van der Waals surface area contributed by atoms with E-state index >= 15 is 0 Å². The third kappa shape index (κ3) is 2.23. The molecule has 1 aromatic heterocycles. The molecular formula is C20H14N2. The molecule has 3 aromatic carbocycles. The fourth-order valence-electron chi connectivity index (χ4n) is 2.93. The second-order valence-corrected chi connectivity index (χ2v) is 5.57. The van der Waals surface area contributed by atoms with Crippen molar-refractivity contribution in [2.75, 3.05) is 0 Å². The van der Waals surface area contributed by atoms with Crippen molar-refractivity contribution < 1.29 is 0 Å². The van der Waals surface area contributed by atoms with Gasteiger partial charge in [-0.05, 0) is 40.6 Å². The molecule has 0 spiro atoms. The molecule has 2 nitrogen and oxygen atoms in total. The molecule has 0 unspecified atom stereocenters. The van der Waals surface area contributed by atoms with Crippen LogP contribution in [0.2, 0.25) is 0 Å². The zero-order valence-electron chi connectivity index (χ0n) is 12.0. The van der Waals surface area contributed by atoms with Crippen molar-refractivity contribution in [3.8, 4) is 6.07 Å². The molecule has 1 heterocycles. The first kappa shape index (κ1) is 12.7. The van der Waals surface area contributed by atoms with Crippen molar-refractivity contribution in [3.05, 3.63) is 83.6 Å². The summed E-state index contributed by atoms with van der Waals surface area (Å²) in [5.74, 6) is 0. The Kier molecular flexibility index (Phi) is 2.91. The van der Waals surface area contributed by atoms with Crippen LogP contribution in [0.1, 0.15) is 16.8 Å². The number of nitriles is 1. The van der Waals surface area contributed by atoms with E-state index in [9.17, 15) is 0 Å². The van der Waals surface area contributed by atoms with Crippen molar-refractivity contribution in [3.63, 3.8) is 0 Å². The first-order valence-corrected chi connectivity index (χ1v) is 7.31. The zero-order valence-corrected chi connectivity index (χ0v) is 12.0. The highest BCUT2D eigenvalue weighted by atomic mass is 14.7. The maximum atomic E-state index is 8.98. The van der Waals surface area contributed by atoms with Crippen LogP contribution in [-0.4, -0.2) is 4.98 Å². The van der Waals surface area contributed by atoms with Gasteiger partial charge in [0, 0.05) is 23.0 Å². The predicted molar refractivity (Wildman–Crippen MR) is 89.8 cm³/mol. The number of rotatable bonds is 2. The summed E-state index contributed by atoms with van der Waals surface area (Å²) in [5, 5.41) is 12.6. The van der Waals surface area contributed by atoms with Crippen LogP contribution in [-0.2, 0) is 6.42 Å². The van der Waals surface area contributed by atoms with Crippen LogP contribution in [0.3, 0.4) is 0 Å². The molecule has 0 amide bonds. The quantitative estimate of drug-likeness (QED) is 0.564. The van der Waals surface area contributed by atoms with Crippen LogP contribution in [0.25, 0.3) is 21.7 Å². The number of hydrogen-bond acceptors (Lipinski definition) is 1. The molecule has 22 heavy (non-hydrogen) atoms. The highest BCUT2D eigenvalue weighted by Crippen LogP contribution is 2.21.